The lowest BCUT2D eigenvalue weighted by Gasteiger charge is -2.08. The molecule has 0 aliphatic rings. The third kappa shape index (κ3) is 5.66. The monoisotopic (exact) mass is 386 g/mol. The minimum absolute atomic E-state index is 0.695. The molecule has 0 spiro atoms. The molecular formula is C23H18N2S2. The summed E-state index contributed by atoms with van der Waals surface area (Å²) < 4.78 is 0. The Morgan fingerprint density at radius 2 is 1.07 bits per heavy atom. The Morgan fingerprint density at radius 3 is 1.44 bits per heavy atom. The summed E-state index contributed by atoms with van der Waals surface area (Å²) in [7, 11) is 0. The number of aryl methyl sites for hydroxylation is 1. The van der Waals surface area contributed by atoms with Crippen LogP contribution in [-0.4, -0.2) is 0 Å². The minimum Gasteiger partial charge on any atom is -0.192 e. The SMILES string of the molecule is Cc1cc(SCc2ccc(C#N)cc2)cc(SCc2ccc(C#N)cc2)c1. The van der Waals surface area contributed by atoms with Crippen molar-refractivity contribution in [3.63, 3.8) is 0 Å². The molecule has 0 bridgehead atoms. The Labute approximate surface area is 168 Å². The Hall–Kier alpha value is -2.66. The van der Waals surface area contributed by atoms with Gasteiger partial charge in [-0.15, -0.1) is 23.5 Å². The van der Waals surface area contributed by atoms with E-state index in [1.165, 1.54) is 26.5 Å². The smallest absolute Gasteiger partial charge is 0.0991 e. The van der Waals surface area contributed by atoms with Gasteiger partial charge in [-0.25, -0.2) is 0 Å². The van der Waals surface area contributed by atoms with Gasteiger partial charge in [-0.05, 0) is 66.1 Å². The van der Waals surface area contributed by atoms with Gasteiger partial charge in [0.15, 0.2) is 0 Å². The average molecular weight is 387 g/mol. The highest BCUT2D eigenvalue weighted by molar-refractivity contribution is 7.99. The molecular weight excluding hydrogens is 368 g/mol. The van der Waals surface area contributed by atoms with Crippen molar-refractivity contribution in [1.82, 2.24) is 0 Å². The van der Waals surface area contributed by atoms with Crippen molar-refractivity contribution in [2.75, 3.05) is 0 Å². The van der Waals surface area contributed by atoms with Gasteiger partial charge in [0.2, 0.25) is 0 Å². The molecule has 27 heavy (non-hydrogen) atoms. The van der Waals surface area contributed by atoms with Gasteiger partial charge in [-0.1, -0.05) is 24.3 Å². The molecule has 0 fully saturated rings. The molecule has 3 rings (SSSR count). The van der Waals surface area contributed by atoms with Gasteiger partial charge in [0.05, 0.1) is 23.3 Å². The molecule has 0 N–H and O–H groups in total. The van der Waals surface area contributed by atoms with Crippen LogP contribution < -0.4 is 0 Å². The molecule has 0 aliphatic heterocycles. The van der Waals surface area contributed by atoms with Crippen LogP contribution in [-0.2, 0) is 11.5 Å². The second-order valence-electron chi connectivity index (χ2n) is 6.18. The van der Waals surface area contributed by atoms with Crippen LogP contribution >= 0.6 is 23.5 Å². The molecule has 132 valence electrons. The van der Waals surface area contributed by atoms with E-state index in [4.69, 9.17) is 10.5 Å². The van der Waals surface area contributed by atoms with E-state index in [1.54, 1.807) is 0 Å². The fourth-order valence-electron chi connectivity index (χ4n) is 2.57. The Morgan fingerprint density at radius 1 is 0.667 bits per heavy atom. The average Bonchev–Trinajstić information content (AvgIpc) is 2.71. The topological polar surface area (TPSA) is 47.6 Å². The molecule has 3 aromatic carbocycles. The zero-order valence-corrected chi connectivity index (χ0v) is 16.6. The van der Waals surface area contributed by atoms with Crippen molar-refractivity contribution in [1.29, 1.82) is 10.5 Å². The van der Waals surface area contributed by atoms with Crippen LogP contribution in [0.5, 0.6) is 0 Å². The maximum absolute atomic E-state index is 8.88. The molecule has 0 heterocycles. The van der Waals surface area contributed by atoms with Crippen LogP contribution in [0, 0.1) is 29.6 Å². The summed E-state index contributed by atoms with van der Waals surface area (Å²) in [5, 5.41) is 17.8. The van der Waals surface area contributed by atoms with E-state index < -0.39 is 0 Å². The summed E-state index contributed by atoms with van der Waals surface area (Å²) in [5.74, 6) is 1.77. The van der Waals surface area contributed by atoms with Gasteiger partial charge in [0, 0.05) is 21.3 Å². The second-order valence-corrected chi connectivity index (χ2v) is 8.27. The van der Waals surface area contributed by atoms with E-state index in [9.17, 15) is 0 Å². The van der Waals surface area contributed by atoms with Gasteiger partial charge >= 0.3 is 0 Å². The molecule has 0 unspecified atom stereocenters. The maximum Gasteiger partial charge on any atom is 0.0991 e. The van der Waals surface area contributed by atoms with Crippen LogP contribution in [0.25, 0.3) is 0 Å². The summed E-state index contributed by atoms with van der Waals surface area (Å²) >= 11 is 3.62. The number of benzene rings is 3. The molecule has 3 aromatic rings. The van der Waals surface area contributed by atoms with Crippen molar-refractivity contribution < 1.29 is 0 Å². The lowest BCUT2D eigenvalue weighted by atomic mass is 10.2. The minimum atomic E-state index is 0.695. The molecule has 0 amide bonds. The normalized spacial score (nSPS) is 10.2. The molecule has 0 aromatic heterocycles. The summed E-state index contributed by atoms with van der Waals surface area (Å²) in [6.45, 7) is 2.12. The third-order valence-corrected chi connectivity index (χ3v) is 6.09. The highest BCUT2D eigenvalue weighted by Crippen LogP contribution is 2.30. The summed E-state index contributed by atoms with van der Waals surface area (Å²) in [4.78, 5) is 2.50. The first kappa shape index (κ1) is 19.1. The number of nitriles is 2. The Kier molecular flexibility index (Phi) is 6.60. The highest BCUT2D eigenvalue weighted by Gasteiger charge is 2.03. The van der Waals surface area contributed by atoms with E-state index in [1.807, 2.05) is 72.1 Å². The zero-order valence-electron chi connectivity index (χ0n) is 15.0. The first-order valence-electron chi connectivity index (χ1n) is 8.51. The van der Waals surface area contributed by atoms with Crippen molar-refractivity contribution in [3.05, 3.63) is 94.5 Å². The van der Waals surface area contributed by atoms with Crippen molar-refractivity contribution in [3.8, 4) is 12.1 Å². The van der Waals surface area contributed by atoms with Crippen LogP contribution in [0.4, 0.5) is 0 Å². The molecule has 0 saturated carbocycles. The van der Waals surface area contributed by atoms with E-state index in [0.29, 0.717) is 11.1 Å². The lowest BCUT2D eigenvalue weighted by molar-refractivity contribution is 1.25. The Balaban J connectivity index is 1.62. The number of hydrogen-bond acceptors (Lipinski definition) is 4. The Bertz CT molecular complexity index is 915. The van der Waals surface area contributed by atoms with Crippen LogP contribution in [0.15, 0.2) is 76.5 Å². The van der Waals surface area contributed by atoms with Crippen LogP contribution in [0.1, 0.15) is 27.8 Å². The van der Waals surface area contributed by atoms with Gasteiger partial charge in [-0.3, -0.25) is 0 Å². The molecule has 4 heteroatoms. The fourth-order valence-corrected chi connectivity index (χ4v) is 4.65. The van der Waals surface area contributed by atoms with Gasteiger partial charge < -0.3 is 0 Å². The fraction of sp³-hybridized carbons (Fsp3) is 0.130. The van der Waals surface area contributed by atoms with E-state index >= 15 is 0 Å². The van der Waals surface area contributed by atoms with E-state index in [2.05, 4.69) is 37.3 Å². The predicted octanol–water partition coefficient (Wildman–Crippen LogP) is 6.32. The second kappa shape index (κ2) is 9.33. The zero-order chi connectivity index (χ0) is 19.1. The molecule has 0 atom stereocenters. The maximum atomic E-state index is 8.88. The highest BCUT2D eigenvalue weighted by atomic mass is 32.2. The first-order valence-corrected chi connectivity index (χ1v) is 10.5. The van der Waals surface area contributed by atoms with E-state index in [0.717, 1.165) is 11.5 Å². The first-order chi connectivity index (χ1) is 13.2. The van der Waals surface area contributed by atoms with Gasteiger partial charge in [0.25, 0.3) is 0 Å². The quantitative estimate of drug-likeness (QED) is 0.465. The van der Waals surface area contributed by atoms with Gasteiger partial charge in [0.1, 0.15) is 0 Å². The van der Waals surface area contributed by atoms with E-state index in [-0.39, 0.29) is 0 Å². The summed E-state index contributed by atoms with van der Waals surface area (Å²) in [5.41, 5.74) is 5.07. The van der Waals surface area contributed by atoms with Gasteiger partial charge in [-0.2, -0.15) is 10.5 Å². The summed E-state index contributed by atoms with van der Waals surface area (Å²) in [6, 6.07) is 26.5. The number of hydrogen-bond donors (Lipinski definition) is 0. The van der Waals surface area contributed by atoms with Crippen LogP contribution in [0.3, 0.4) is 0 Å². The van der Waals surface area contributed by atoms with Crippen molar-refractivity contribution in [2.24, 2.45) is 0 Å². The summed E-state index contributed by atoms with van der Waals surface area (Å²) in [6.07, 6.45) is 0. The third-order valence-electron chi connectivity index (χ3n) is 4.00. The number of rotatable bonds is 6. The largest absolute Gasteiger partial charge is 0.192 e. The molecule has 2 nitrogen and oxygen atoms in total. The molecule has 0 aliphatic carbocycles. The van der Waals surface area contributed by atoms with Crippen molar-refractivity contribution >= 4 is 23.5 Å². The number of thioether (sulfide) groups is 2. The lowest BCUT2D eigenvalue weighted by Crippen LogP contribution is -1.85. The predicted molar refractivity (Wildman–Crippen MR) is 113 cm³/mol. The standard InChI is InChI=1S/C23H18N2S2/c1-17-10-22(26-15-20-6-2-18(13-24)3-7-20)12-23(11-17)27-16-21-8-4-19(14-25)5-9-21/h2-12H,15-16H2,1H3. The molecule has 0 radical (unpaired) electrons. The molecule has 0 saturated heterocycles. The van der Waals surface area contributed by atoms with Crippen LogP contribution in [0.2, 0.25) is 0 Å². The number of nitrogens with zero attached hydrogens (tertiary/aromatic N) is 2. The van der Waals surface area contributed by atoms with Crippen molar-refractivity contribution in [2.45, 2.75) is 28.2 Å².